The molecular formula is C26H23N5O5S2. The van der Waals surface area contributed by atoms with Crippen LogP contribution in [0.3, 0.4) is 0 Å². The van der Waals surface area contributed by atoms with Gasteiger partial charge in [-0.3, -0.25) is 9.52 Å². The van der Waals surface area contributed by atoms with Crippen molar-refractivity contribution in [3.05, 3.63) is 94.8 Å². The molecule has 5 rings (SSSR count). The first-order valence-electron chi connectivity index (χ1n) is 11.7. The molecule has 1 aliphatic heterocycles. The van der Waals surface area contributed by atoms with Crippen LogP contribution >= 0.6 is 0 Å². The van der Waals surface area contributed by atoms with E-state index in [1.165, 1.54) is 12.1 Å². The molecule has 12 heteroatoms. The van der Waals surface area contributed by atoms with Gasteiger partial charge >= 0.3 is 0 Å². The summed E-state index contributed by atoms with van der Waals surface area (Å²) in [7, 11) is -7.92. The number of sulfonamides is 2. The summed E-state index contributed by atoms with van der Waals surface area (Å²) in [6, 6.07) is 19.5. The number of imidazole rings is 1. The highest BCUT2D eigenvalue weighted by atomic mass is 32.2. The molecule has 10 nitrogen and oxygen atoms in total. The summed E-state index contributed by atoms with van der Waals surface area (Å²) in [5.74, 6) is -0.158. The Balaban J connectivity index is 1.51. The highest BCUT2D eigenvalue weighted by molar-refractivity contribution is 7.90. The Morgan fingerprint density at radius 1 is 1.13 bits per heavy atom. The van der Waals surface area contributed by atoms with Gasteiger partial charge < -0.3 is 4.98 Å². The number of nitrogens with zero attached hydrogens (tertiary/aromatic N) is 2. The fraction of sp³-hybridized carbons (Fsp3) is 0.192. The largest absolute Gasteiger partial charge is 0.341 e. The zero-order valence-corrected chi connectivity index (χ0v) is 21.8. The second kappa shape index (κ2) is 9.68. The summed E-state index contributed by atoms with van der Waals surface area (Å²) in [6.07, 6.45) is 0.0335. The molecule has 3 N–H and O–H groups in total. The number of amides is 1. The van der Waals surface area contributed by atoms with Crippen LogP contribution in [-0.4, -0.2) is 32.7 Å². The topological polar surface area (TPSA) is 162 Å². The standard InChI is InChI=1S/C26H23N5O5S2/c1-16-12-17(10-11-19(16)24-14-25(32)31-38(24,35)36)13-22(26-28-20-7-3-4-8-21(20)29-26)30-37(33,34)23-9-5-2-6-18(23)15-27/h2-12,22,24,30H,13-14H2,1H3,(H,28,29)(H,31,32)/t22-,24-/m0/s1. The number of aromatic nitrogens is 2. The van der Waals surface area contributed by atoms with Crippen LogP contribution in [0.4, 0.5) is 0 Å². The quantitative estimate of drug-likeness (QED) is 0.319. The zero-order valence-electron chi connectivity index (χ0n) is 20.2. The number of aryl methyl sites for hydroxylation is 1. The lowest BCUT2D eigenvalue weighted by Crippen LogP contribution is -2.31. The molecule has 1 fully saturated rings. The van der Waals surface area contributed by atoms with E-state index in [1.54, 1.807) is 37.3 Å². The minimum Gasteiger partial charge on any atom is -0.341 e. The average molecular weight is 550 g/mol. The van der Waals surface area contributed by atoms with Gasteiger partial charge in [0.25, 0.3) is 0 Å². The number of hydrogen-bond acceptors (Lipinski definition) is 7. The van der Waals surface area contributed by atoms with Gasteiger partial charge in [-0.1, -0.05) is 42.5 Å². The van der Waals surface area contributed by atoms with Crippen molar-refractivity contribution in [2.24, 2.45) is 0 Å². The maximum atomic E-state index is 13.4. The van der Waals surface area contributed by atoms with Gasteiger partial charge in [-0.05, 0) is 54.3 Å². The number of nitrogens with one attached hydrogen (secondary N) is 3. The summed E-state index contributed by atoms with van der Waals surface area (Å²) in [5, 5.41) is 8.46. The third-order valence-electron chi connectivity index (χ3n) is 6.45. The number of rotatable bonds is 7. The number of fused-ring (bicyclic) bond motifs is 1. The van der Waals surface area contributed by atoms with Crippen LogP contribution in [0.25, 0.3) is 11.0 Å². The summed E-state index contributed by atoms with van der Waals surface area (Å²) >= 11 is 0. The van der Waals surface area contributed by atoms with Gasteiger partial charge in [-0.25, -0.2) is 26.5 Å². The molecule has 2 heterocycles. The molecule has 0 radical (unpaired) electrons. The second-order valence-electron chi connectivity index (χ2n) is 9.08. The number of benzene rings is 3. The maximum Gasteiger partial charge on any atom is 0.242 e. The van der Waals surface area contributed by atoms with Crippen molar-refractivity contribution in [2.45, 2.75) is 36.0 Å². The Morgan fingerprint density at radius 2 is 1.87 bits per heavy atom. The van der Waals surface area contributed by atoms with Gasteiger partial charge in [0.05, 0.1) is 34.0 Å². The Morgan fingerprint density at radius 3 is 2.55 bits per heavy atom. The van der Waals surface area contributed by atoms with Crippen molar-refractivity contribution >= 4 is 37.0 Å². The summed E-state index contributed by atoms with van der Waals surface area (Å²) < 4.78 is 56.2. The molecule has 4 aromatic rings. The van der Waals surface area contributed by atoms with Crippen LogP contribution in [0.15, 0.2) is 71.6 Å². The molecule has 38 heavy (non-hydrogen) atoms. The number of nitriles is 1. The minimum atomic E-state index is -4.12. The number of para-hydroxylation sites is 2. The maximum absolute atomic E-state index is 13.4. The highest BCUT2D eigenvalue weighted by Crippen LogP contribution is 2.33. The Hall–Kier alpha value is -4.05. The molecule has 3 aromatic carbocycles. The molecule has 1 aliphatic rings. The van der Waals surface area contributed by atoms with Gasteiger partial charge in [0.2, 0.25) is 26.0 Å². The first-order chi connectivity index (χ1) is 18.1. The fourth-order valence-electron chi connectivity index (χ4n) is 4.66. The SMILES string of the molecule is Cc1cc(C[C@H](NS(=O)(=O)c2ccccc2C#N)c2nc3ccccc3[nH]2)ccc1[C@@H]1CC(=O)NS1(=O)=O. The van der Waals surface area contributed by atoms with Crippen LogP contribution < -0.4 is 9.44 Å². The lowest BCUT2D eigenvalue weighted by molar-refractivity contribution is -0.118. The van der Waals surface area contributed by atoms with E-state index in [2.05, 4.69) is 14.7 Å². The molecule has 1 amide bonds. The smallest absolute Gasteiger partial charge is 0.242 e. The number of hydrogen-bond donors (Lipinski definition) is 3. The Bertz CT molecular complexity index is 1790. The van der Waals surface area contributed by atoms with Crippen LogP contribution in [0, 0.1) is 18.3 Å². The van der Waals surface area contributed by atoms with Crippen molar-refractivity contribution < 1.29 is 21.6 Å². The van der Waals surface area contributed by atoms with Gasteiger partial charge in [0, 0.05) is 0 Å². The van der Waals surface area contributed by atoms with Crippen molar-refractivity contribution in [1.82, 2.24) is 19.4 Å². The molecule has 0 saturated carbocycles. The van der Waals surface area contributed by atoms with E-state index >= 15 is 0 Å². The molecule has 0 aliphatic carbocycles. The minimum absolute atomic E-state index is 0.0180. The fourth-order valence-corrected chi connectivity index (χ4v) is 7.53. The highest BCUT2D eigenvalue weighted by Gasteiger charge is 2.38. The van der Waals surface area contributed by atoms with E-state index in [9.17, 15) is 26.9 Å². The Kier molecular flexibility index (Phi) is 6.52. The molecular weight excluding hydrogens is 526 g/mol. The third-order valence-corrected chi connectivity index (χ3v) is 9.67. The second-order valence-corrected chi connectivity index (χ2v) is 12.6. The number of aromatic amines is 1. The zero-order chi connectivity index (χ0) is 27.1. The summed E-state index contributed by atoms with van der Waals surface area (Å²) in [6.45, 7) is 1.75. The van der Waals surface area contributed by atoms with Crippen LogP contribution in [0.1, 0.15) is 45.8 Å². The number of carbonyl (C=O) groups is 1. The van der Waals surface area contributed by atoms with Crippen molar-refractivity contribution in [3.8, 4) is 6.07 Å². The molecule has 2 atom stereocenters. The van der Waals surface area contributed by atoms with Crippen LogP contribution in [0.5, 0.6) is 0 Å². The molecule has 194 valence electrons. The normalized spacial score (nSPS) is 17.7. The van der Waals surface area contributed by atoms with E-state index in [0.29, 0.717) is 22.5 Å². The lowest BCUT2D eigenvalue weighted by Gasteiger charge is -2.19. The van der Waals surface area contributed by atoms with Crippen molar-refractivity contribution in [3.63, 3.8) is 0 Å². The van der Waals surface area contributed by atoms with E-state index in [4.69, 9.17) is 0 Å². The predicted octanol–water partition coefficient (Wildman–Crippen LogP) is 2.90. The lowest BCUT2D eigenvalue weighted by atomic mass is 9.97. The monoisotopic (exact) mass is 549 g/mol. The predicted molar refractivity (Wildman–Crippen MR) is 140 cm³/mol. The number of carbonyl (C=O) groups excluding carboxylic acids is 1. The van der Waals surface area contributed by atoms with E-state index < -0.39 is 37.2 Å². The van der Waals surface area contributed by atoms with E-state index in [-0.39, 0.29) is 23.3 Å². The van der Waals surface area contributed by atoms with Gasteiger partial charge in [0.15, 0.2) is 0 Å². The van der Waals surface area contributed by atoms with E-state index in [1.807, 2.05) is 35.1 Å². The average Bonchev–Trinajstić information content (AvgIpc) is 3.43. The van der Waals surface area contributed by atoms with Crippen LogP contribution in [-0.2, 0) is 31.3 Å². The van der Waals surface area contributed by atoms with E-state index in [0.717, 1.165) is 11.1 Å². The third kappa shape index (κ3) is 4.91. The van der Waals surface area contributed by atoms with Gasteiger partial charge in [-0.2, -0.15) is 5.26 Å². The number of H-pyrrole nitrogens is 1. The first-order valence-corrected chi connectivity index (χ1v) is 14.7. The molecule has 1 saturated heterocycles. The molecule has 0 bridgehead atoms. The summed E-state index contributed by atoms with van der Waals surface area (Å²) in [4.78, 5) is 19.3. The van der Waals surface area contributed by atoms with Crippen molar-refractivity contribution in [2.75, 3.05) is 0 Å². The summed E-state index contributed by atoms with van der Waals surface area (Å²) in [5.41, 5.74) is 3.31. The van der Waals surface area contributed by atoms with Gasteiger partial charge in [0.1, 0.15) is 17.1 Å². The molecule has 0 spiro atoms. The van der Waals surface area contributed by atoms with Crippen molar-refractivity contribution in [1.29, 1.82) is 5.26 Å². The Labute approximate surface area is 219 Å². The van der Waals surface area contributed by atoms with Gasteiger partial charge in [-0.15, -0.1) is 0 Å². The molecule has 0 unspecified atom stereocenters. The molecule has 1 aromatic heterocycles. The first kappa shape index (κ1) is 25.6. The van der Waals surface area contributed by atoms with Crippen LogP contribution in [0.2, 0.25) is 0 Å².